The van der Waals surface area contributed by atoms with E-state index in [1.165, 1.54) is 30.3 Å². The maximum absolute atomic E-state index is 13.4. The fraction of sp³-hybridized carbons (Fsp3) is 0. The number of carbonyl (C=O) groups is 2. The third-order valence-electron chi connectivity index (χ3n) is 2.42. The quantitative estimate of drug-likeness (QED) is 0.853. The van der Waals surface area contributed by atoms with Crippen molar-refractivity contribution < 1.29 is 19.1 Å². The van der Waals surface area contributed by atoms with Crippen LogP contribution < -0.4 is 5.32 Å². The number of nitrogens with zero attached hydrogens (tertiary/aromatic N) is 1. The number of nitrogens with one attached hydrogen (secondary N) is 1. The molecule has 1 heterocycles. The summed E-state index contributed by atoms with van der Waals surface area (Å²) >= 11 is 5.65. The van der Waals surface area contributed by atoms with Crippen LogP contribution in [0.2, 0.25) is 5.15 Å². The normalized spacial score (nSPS) is 10.1. The number of hydrogen-bond acceptors (Lipinski definition) is 3. The smallest absolute Gasteiger partial charge is 0.340 e. The van der Waals surface area contributed by atoms with Gasteiger partial charge in [0.2, 0.25) is 0 Å². The molecule has 1 amide bonds. The van der Waals surface area contributed by atoms with Crippen molar-refractivity contribution in [3.8, 4) is 0 Å². The van der Waals surface area contributed by atoms with Crippen molar-refractivity contribution in [2.24, 2.45) is 0 Å². The Morgan fingerprint density at radius 2 is 1.90 bits per heavy atom. The molecule has 1 aromatic heterocycles. The first-order valence-electron chi connectivity index (χ1n) is 5.45. The topological polar surface area (TPSA) is 79.3 Å². The molecular weight excluding hydrogens is 287 g/mol. The highest BCUT2D eigenvalue weighted by atomic mass is 35.5. The lowest BCUT2D eigenvalue weighted by Crippen LogP contribution is -2.17. The minimum absolute atomic E-state index is 0.00176. The van der Waals surface area contributed by atoms with Crippen molar-refractivity contribution in [1.29, 1.82) is 0 Å². The highest BCUT2D eigenvalue weighted by molar-refractivity contribution is 6.29. The maximum atomic E-state index is 13.4. The molecule has 0 atom stereocenters. The second-order valence-corrected chi connectivity index (χ2v) is 4.15. The molecular formula is C13H8ClFN2O3. The van der Waals surface area contributed by atoms with E-state index >= 15 is 0 Å². The van der Waals surface area contributed by atoms with E-state index in [0.717, 1.165) is 6.07 Å². The van der Waals surface area contributed by atoms with Gasteiger partial charge in [-0.3, -0.25) is 4.79 Å². The number of pyridine rings is 1. The fourth-order valence-corrected chi connectivity index (χ4v) is 1.73. The average Bonchev–Trinajstić information content (AvgIpc) is 2.38. The molecule has 0 saturated heterocycles. The molecule has 2 N–H and O–H groups in total. The zero-order valence-electron chi connectivity index (χ0n) is 9.93. The molecule has 1 aromatic carbocycles. The van der Waals surface area contributed by atoms with E-state index in [1.807, 2.05) is 0 Å². The molecule has 0 fully saturated rings. The van der Waals surface area contributed by atoms with Crippen LogP contribution in [0.15, 0.2) is 36.4 Å². The summed E-state index contributed by atoms with van der Waals surface area (Å²) in [5.41, 5.74) is -0.759. The monoisotopic (exact) mass is 294 g/mol. The molecule has 20 heavy (non-hydrogen) atoms. The number of carboxylic acid groups (broad SMARTS) is 1. The van der Waals surface area contributed by atoms with Crippen LogP contribution >= 0.6 is 11.6 Å². The largest absolute Gasteiger partial charge is 0.478 e. The lowest BCUT2D eigenvalue weighted by molar-refractivity contribution is 0.0693. The van der Waals surface area contributed by atoms with Crippen LogP contribution in [-0.2, 0) is 0 Å². The van der Waals surface area contributed by atoms with E-state index in [4.69, 9.17) is 16.7 Å². The van der Waals surface area contributed by atoms with Gasteiger partial charge in [-0.2, -0.15) is 0 Å². The van der Waals surface area contributed by atoms with Crippen molar-refractivity contribution >= 4 is 29.2 Å². The standard InChI is InChI=1S/C13H8ClFN2O3/c14-10-6-2-5-9(16-10)12(18)17-8-4-1-3-7(15)11(8)13(19)20/h1-6H,(H,17,18)(H,19,20). The first kappa shape index (κ1) is 14.0. The van der Waals surface area contributed by atoms with Gasteiger partial charge in [0.15, 0.2) is 0 Å². The first-order valence-corrected chi connectivity index (χ1v) is 5.82. The van der Waals surface area contributed by atoms with Crippen molar-refractivity contribution in [1.82, 2.24) is 4.98 Å². The van der Waals surface area contributed by atoms with Gasteiger partial charge in [0.05, 0.1) is 5.69 Å². The van der Waals surface area contributed by atoms with Crippen molar-refractivity contribution in [2.75, 3.05) is 5.32 Å². The molecule has 0 saturated carbocycles. The van der Waals surface area contributed by atoms with Gasteiger partial charge in [-0.25, -0.2) is 14.2 Å². The third-order valence-corrected chi connectivity index (χ3v) is 2.63. The minimum atomic E-state index is -1.47. The molecule has 102 valence electrons. The second kappa shape index (κ2) is 5.66. The molecule has 2 aromatic rings. The van der Waals surface area contributed by atoms with Gasteiger partial charge in [0.25, 0.3) is 5.91 Å². The molecule has 5 nitrogen and oxygen atoms in total. The molecule has 0 radical (unpaired) electrons. The summed E-state index contributed by atoms with van der Waals surface area (Å²) in [4.78, 5) is 26.7. The van der Waals surface area contributed by atoms with Gasteiger partial charge < -0.3 is 10.4 Å². The van der Waals surface area contributed by atoms with Crippen LogP contribution in [0.1, 0.15) is 20.8 Å². The van der Waals surface area contributed by atoms with Crippen LogP contribution in [-0.4, -0.2) is 22.0 Å². The number of aromatic carboxylic acids is 1. The Morgan fingerprint density at radius 1 is 1.20 bits per heavy atom. The predicted molar refractivity (Wildman–Crippen MR) is 70.6 cm³/mol. The van der Waals surface area contributed by atoms with Crippen LogP contribution in [0.5, 0.6) is 0 Å². The Morgan fingerprint density at radius 3 is 2.55 bits per heavy atom. The summed E-state index contributed by atoms with van der Waals surface area (Å²) in [5, 5.41) is 11.4. The van der Waals surface area contributed by atoms with E-state index < -0.39 is 23.3 Å². The van der Waals surface area contributed by atoms with Gasteiger partial charge in [0.1, 0.15) is 22.2 Å². The van der Waals surface area contributed by atoms with E-state index in [2.05, 4.69) is 10.3 Å². The number of carboxylic acids is 1. The summed E-state index contributed by atoms with van der Waals surface area (Å²) in [6, 6.07) is 7.99. The second-order valence-electron chi connectivity index (χ2n) is 3.77. The van der Waals surface area contributed by atoms with Crippen LogP contribution in [0, 0.1) is 5.82 Å². The summed E-state index contributed by atoms with van der Waals surface area (Å²) in [7, 11) is 0. The van der Waals surface area contributed by atoms with Gasteiger partial charge in [0, 0.05) is 0 Å². The number of hydrogen-bond donors (Lipinski definition) is 2. The van der Waals surface area contributed by atoms with E-state index in [-0.39, 0.29) is 16.5 Å². The van der Waals surface area contributed by atoms with Gasteiger partial charge in [-0.1, -0.05) is 23.7 Å². The molecule has 0 spiro atoms. The van der Waals surface area contributed by atoms with Gasteiger partial charge >= 0.3 is 5.97 Å². The number of amides is 1. The zero-order chi connectivity index (χ0) is 14.7. The molecule has 2 rings (SSSR count). The highest BCUT2D eigenvalue weighted by Crippen LogP contribution is 2.19. The molecule has 0 bridgehead atoms. The Kier molecular flexibility index (Phi) is 3.95. The maximum Gasteiger partial charge on any atom is 0.340 e. The first-order chi connectivity index (χ1) is 9.49. The number of anilines is 1. The third kappa shape index (κ3) is 2.92. The Balaban J connectivity index is 2.33. The zero-order valence-corrected chi connectivity index (χ0v) is 10.7. The van der Waals surface area contributed by atoms with E-state index in [0.29, 0.717) is 0 Å². The summed E-state index contributed by atoms with van der Waals surface area (Å²) < 4.78 is 13.4. The molecule has 7 heteroatoms. The Hall–Kier alpha value is -2.47. The lowest BCUT2D eigenvalue weighted by Gasteiger charge is -2.08. The summed E-state index contributed by atoms with van der Waals surface area (Å²) in [5.74, 6) is -3.09. The number of carbonyl (C=O) groups excluding carboxylic acids is 1. The van der Waals surface area contributed by atoms with E-state index in [9.17, 15) is 14.0 Å². The molecule has 0 aliphatic carbocycles. The minimum Gasteiger partial charge on any atom is -0.478 e. The van der Waals surface area contributed by atoms with Crippen LogP contribution in [0.4, 0.5) is 10.1 Å². The lowest BCUT2D eigenvalue weighted by atomic mass is 10.1. The van der Waals surface area contributed by atoms with Crippen molar-refractivity contribution in [3.63, 3.8) is 0 Å². The number of rotatable bonds is 3. The Bertz CT molecular complexity index is 691. The predicted octanol–water partition coefficient (Wildman–Crippen LogP) is 2.82. The van der Waals surface area contributed by atoms with Crippen LogP contribution in [0.25, 0.3) is 0 Å². The number of aromatic nitrogens is 1. The van der Waals surface area contributed by atoms with Crippen molar-refractivity contribution in [2.45, 2.75) is 0 Å². The molecule has 0 aliphatic heterocycles. The Labute approximate surface area is 118 Å². The summed E-state index contributed by atoms with van der Waals surface area (Å²) in [6.45, 7) is 0. The van der Waals surface area contributed by atoms with Gasteiger partial charge in [-0.05, 0) is 24.3 Å². The fourth-order valence-electron chi connectivity index (χ4n) is 1.57. The van der Waals surface area contributed by atoms with Crippen LogP contribution in [0.3, 0.4) is 0 Å². The summed E-state index contributed by atoms with van der Waals surface area (Å²) in [6.07, 6.45) is 0. The molecule has 0 unspecified atom stereocenters. The highest BCUT2D eigenvalue weighted by Gasteiger charge is 2.18. The number of halogens is 2. The van der Waals surface area contributed by atoms with E-state index in [1.54, 1.807) is 0 Å². The molecule has 0 aliphatic rings. The average molecular weight is 295 g/mol. The SMILES string of the molecule is O=C(Nc1cccc(F)c1C(=O)O)c1cccc(Cl)n1. The van der Waals surface area contributed by atoms with Gasteiger partial charge in [-0.15, -0.1) is 0 Å². The van der Waals surface area contributed by atoms with Crippen molar-refractivity contribution in [3.05, 3.63) is 58.6 Å². The number of benzene rings is 1.